The summed E-state index contributed by atoms with van der Waals surface area (Å²) in [6.07, 6.45) is 1.80. The van der Waals surface area contributed by atoms with Crippen molar-refractivity contribution in [3.63, 3.8) is 0 Å². The molecular formula is C10H13N3OS. The minimum Gasteiger partial charge on any atom is -0.386 e. The van der Waals surface area contributed by atoms with Crippen LogP contribution in [-0.4, -0.2) is 19.9 Å². The summed E-state index contributed by atoms with van der Waals surface area (Å²) in [6.45, 7) is 1.95. The number of hydrogen-bond donors (Lipinski definition) is 1. The summed E-state index contributed by atoms with van der Waals surface area (Å²) in [5.41, 5.74) is 1.70. The maximum atomic E-state index is 9.89. The van der Waals surface area contributed by atoms with Gasteiger partial charge in [0, 0.05) is 30.7 Å². The molecule has 0 aliphatic heterocycles. The van der Waals surface area contributed by atoms with Crippen LogP contribution < -0.4 is 0 Å². The van der Waals surface area contributed by atoms with Crippen molar-refractivity contribution in [3.05, 3.63) is 34.0 Å². The highest BCUT2D eigenvalue weighted by molar-refractivity contribution is 7.09. The molecule has 0 radical (unpaired) electrons. The van der Waals surface area contributed by atoms with Gasteiger partial charge in [-0.15, -0.1) is 11.3 Å². The highest BCUT2D eigenvalue weighted by atomic mass is 32.1. The second-order valence-electron chi connectivity index (χ2n) is 3.52. The summed E-state index contributed by atoms with van der Waals surface area (Å²) in [5, 5.41) is 17.0. The molecule has 0 bridgehead atoms. The van der Waals surface area contributed by atoms with Gasteiger partial charge in [-0.05, 0) is 13.0 Å². The molecule has 0 spiro atoms. The van der Waals surface area contributed by atoms with Gasteiger partial charge in [0.2, 0.25) is 0 Å². The molecule has 0 saturated heterocycles. The Balaban J connectivity index is 2.06. The first-order valence-electron chi connectivity index (χ1n) is 4.74. The fourth-order valence-electron chi connectivity index (χ4n) is 1.38. The van der Waals surface area contributed by atoms with Crippen molar-refractivity contribution in [2.45, 2.75) is 19.4 Å². The van der Waals surface area contributed by atoms with E-state index >= 15 is 0 Å². The predicted octanol–water partition coefficient (Wildman–Crippen LogP) is 1.46. The van der Waals surface area contributed by atoms with E-state index in [9.17, 15) is 5.11 Å². The van der Waals surface area contributed by atoms with Gasteiger partial charge in [0.05, 0.1) is 10.7 Å². The Bertz CT molecular complexity index is 449. The van der Waals surface area contributed by atoms with Crippen LogP contribution in [0.4, 0.5) is 0 Å². The standard InChI is InChI=1S/C10H13N3OS/c1-7-6-15-10(11-7)5-9(14)8-3-4-13(2)12-8/h3-4,6,9,14H,5H2,1-2H3. The van der Waals surface area contributed by atoms with Gasteiger partial charge in [-0.3, -0.25) is 4.68 Å². The Morgan fingerprint density at radius 3 is 2.93 bits per heavy atom. The summed E-state index contributed by atoms with van der Waals surface area (Å²) in [6, 6.07) is 1.82. The van der Waals surface area contributed by atoms with E-state index in [0.717, 1.165) is 10.7 Å². The van der Waals surface area contributed by atoms with Crippen molar-refractivity contribution < 1.29 is 5.11 Å². The Labute approximate surface area is 92.2 Å². The molecule has 0 aromatic carbocycles. The van der Waals surface area contributed by atoms with Crippen molar-refractivity contribution in [2.24, 2.45) is 7.05 Å². The largest absolute Gasteiger partial charge is 0.386 e. The monoisotopic (exact) mass is 223 g/mol. The lowest BCUT2D eigenvalue weighted by molar-refractivity contribution is 0.172. The number of aryl methyl sites for hydroxylation is 2. The van der Waals surface area contributed by atoms with Crippen molar-refractivity contribution in [1.29, 1.82) is 0 Å². The van der Waals surface area contributed by atoms with Crippen LogP contribution in [0.25, 0.3) is 0 Å². The Kier molecular flexibility index (Phi) is 2.83. The summed E-state index contributed by atoms with van der Waals surface area (Å²) < 4.78 is 1.69. The molecule has 15 heavy (non-hydrogen) atoms. The molecule has 0 saturated carbocycles. The van der Waals surface area contributed by atoms with Crippen molar-refractivity contribution >= 4 is 11.3 Å². The van der Waals surface area contributed by atoms with Crippen LogP contribution in [0, 0.1) is 6.92 Å². The van der Waals surface area contributed by atoms with Crippen LogP contribution in [0.5, 0.6) is 0 Å². The third kappa shape index (κ3) is 2.43. The minimum atomic E-state index is -0.559. The molecule has 1 atom stereocenters. The van der Waals surface area contributed by atoms with E-state index in [1.807, 2.05) is 31.6 Å². The summed E-state index contributed by atoms with van der Waals surface area (Å²) in [5.74, 6) is 0. The molecule has 1 unspecified atom stereocenters. The van der Waals surface area contributed by atoms with Gasteiger partial charge in [0.25, 0.3) is 0 Å². The lowest BCUT2D eigenvalue weighted by Crippen LogP contribution is -2.03. The molecule has 2 aromatic heterocycles. The van der Waals surface area contributed by atoms with Crippen molar-refractivity contribution in [2.75, 3.05) is 0 Å². The first-order valence-corrected chi connectivity index (χ1v) is 5.62. The predicted molar refractivity (Wildman–Crippen MR) is 58.7 cm³/mol. The van der Waals surface area contributed by atoms with E-state index < -0.39 is 6.10 Å². The molecule has 2 aromatic rings. The molecule has 4 nitrogen and oxygen atoms in total. The second kappa shape index (κ2) is 4.12. The Morgan fingerprint density at radius 2 is 2.40 bits per heavy atom. The molecule has 2 rings (SSSR count). The number of aromatic nitrogens is 3. The molecule has 80 valence electrons. The summed E-state index contributed by atoms with van der Waals surface area (Å²) in [4.78, 5) is 4.31. The zero-order chi connectivity index (χ0) is 10.8. The van der Waals surface area contributed by atoms with Crippen LogP contribution in [0.15, 0.2) is 17.6 Å². The SMILES string of the molecule is Cc1csc(CC(O)c2ccn(C)n2)n1. The van der Waals surface area contributed by atoms with Crippen molar-refractivity contribution in [1.82, 2.24) is 14.8 Å². The molecule has 2 heterocycles. The third-order valence-electron chi connectivity index (χ3n) is 2.11. The number of aliphatic hydroxyl groups is 1. The number of aliphatic hydroxyl groups excluding tert-OH is 1. The fourth-order valence-corrected chi connectivity index (χ4v) is 2.19. The first kappa shape index (κ1) is 10.3. The molecule has 0 amide bonds. The average Bonchev–Trinajstić information content (AvgIpc) is 2.75. The Hall–Kier alpha value is -1.20. The normalized spacial score (nSPS) is 13.0. The second-order valence-corrected chi connectivity index (χ2v) is 4.46. The number of thiazole rings is 1. The molecule has 0 aliphatic carbocycles. The molecular weight excluding hydrogens is 210 g/mol. The topological polar surface area (TPSA) is 50.9 Å². The quantitative estimate of drug-likeness (QED) is 0.857. The number of nitrogens with zero attached hydrogens (tertiary/aromatic N) is 3. The number of hydrogen-bond acceptors (Lipinski definition) is 4. The van der Waals surface area contributed by atoms with Crippen LogP contribution >= 0.6 is 11.3 Å². The molecule has 5 heteroatoms. The highest BCUT2D eigenvalue weighted by Gasteiger charge is 2.13. The Morgan fingerprint density at radius 1 is 1.60 bits per heavy atom. The zero-order valence-electron chi connectivity index (χ0n) is 8.71. The van der Waals surface area contributed by atoms with Crippen LogP contribution in [0.1, 0.15) is 22.5 Å². The molecule has 0 aliphatic rings. The molecule has 0 fully saturated rings. The number of rotatable bonds is 3. The van der Waals surface area contributed by atoms with E-state index in [4.69, 9.17) is 0 Å². The smallest absolute Gasteiger partial charge is 0.104 e. The van der Waals surface area contributed by atoms with Gasteiger partial charge in [-0.2, -0.15) is 5.10 Å². The van der Waals surface area contributed by atoms with Gasteiger partial charge < -0.3 is 5.11 Å². The minimum absolute atomic E-state index is 0.537. The van der Waals surface area contributed by atoms with Gasteiger partial charge >= 0.3 is 0 Å². The lowest BCUT2D eigenvalue weighted by atomic mass is 10.2. The van der Waals surface area contributed by atoms with E-state index in [1.165, 1.54) is 0 Å². The maximum Gasteiger partial charge on any atom is 0.104 e. The van der Waals surface area contributed by atoms with Gasteiger partial charge in [0.15, 0.2) is 0 Å². The van der Waals surface area contributed by atoms with Crippen LogP contribution in [0.2, 0.25) is 0 Å². The van der Waals surface area contributed by atoms with Crippen LogP contribution in [0.3, 0.4) is 0 Å². The van der Waals surface area contributed by atoms with Crippen molar-refractivity contribution in [3.8, 4) is 0 Å². The first-order chi connectivity index (χ1) is 7.15. The van der Waals surface area contributed by atoms with Gasteiger partial charge in [0.1, 0.15) is 6.10 Å². The van der Waals surface area contributed by atoms with Crippen LogP contribution in [-0.2, 0) is 13.5 Å². The third-order valence-corrected chi connectivity index (χ3v) is 3.10. The fraction of sp³-hybridized carbons (Fsp3) is 0.400. The highest BCUT2D eigenvalue weighted by Crippen LogP contribution is 2.18. The average molecular weight is 223 g/mol. The van der Waals surface area contributed by atoms with E-state index in [1.54, 1.807) is 16.0 Å². The summed E-state index contributed by atoms with van der Waals surface area (Å²) in [7, 11) is 1.84. The van der Waals surface area contributed by atoms with E-state index in [-0.39, 0.29) is 0 Å². The maximum absolute atomic E-state index is 9.89. The van der Waals surface area contributed by atoms with E-state index in [2.05, 4.69) is 10.1 Å². The zero-order valence-corrected chi connectivity index (χ0v) is 9.53. The lowest BCUT2D eigenvalue weighted by Gasteiger charge is -2.04. The van der Waals surface area contributed by atoms with E-state index in [0.29, 0.717) is 12.1 Å². The van der Waals surface area contributed by atoms with Gasteiger partial charge in [-0.25, -0.2) is 4.98 Å². The summed E-state index contributed by atoms with van der Waals surface area (Å²) >= 11 is 1.57. The van der Waals surface area contributed by atoms with Gasteiger partial charge in [-0.1, -0.05) is 0 Å². The molecule has 1 N–H and O–H groups in total.